The predicted molar refractivity (Wildman–Crippen MR) is 81.3 cm³/mol. The fourth-order valence-corrected chi connectivity index (χ4v) is 2.94. The highest BCUT2D eigenvalue weighted by Crippen LogP contribution is 2.37. The van der Waals surface area contributed by atoms with E-state index in [1.807, 2.05) is 25.3 Å². The maximum absolute atomic E-state index is 12.7. The highest BCUT2D eigenvalue weighted by atomic mass is 16.2. The Hall–Kier alpha value is -2.29. The van der Waals surface area contributed by atoms with Gasteiger partial charge in [0, 0.05) is 17.8 Å². The Kier molecular flexibility index (Phi) is 3.06. The maximum atomic E-state index is 12.7. The molecule has 1 atom stereocenters. The van der Waals surface area contributed by atoms with E-state index in [1.54, 1.807) is 24.1 Å². The fraction of sp³-hybridized carbons (Fsp3) is 0.562. The van der Waals surface area contributed by atoms with Crippen LogP contribution in [0.2, 0.25) is 0 Å². The number of imide groups is 1. The van der Waals surface area contributed by atoms with Crippen LogP contribution in [-0.4, -0.2) is 33.5 Å². The molecular formula is C16H20N4O2. The zero-order valence-electron chi connectivity index (χ0n) is 13.3. The van der Waals surface area contributed by atoms with Crippen molar-refractivity contribution in [3.63, 3.8) is 0 Å². The average Bonchev–Trinajstić information content (AvgIpc) is 3.11. The Morgan fingerprint density at radius 2 is 1.91 bits per heavy atom. The number of rotatable bonds is 2. The van der Waals surface area contributed by atoms with E-state index in [2.05, 4.69) is 6.07 Å². The van der Waals surface area contributed by atoms with Crippen LogP contribution in [0, 0.1) is 11.3 Å². The molecule has 1 aromatic rings. The zero-order valence-corrected chi connectivity index (χ0v) is 13.3. The van der Waals surface area contributed by atoms with E-state index in [4.69, 9.17) is 5.26 Å². The summed E-state index contributed by atoms with van der Waals surface area (Å²) in [7, 11) is 0. The molecule has 2 heterocycles. The second-order valence-electron chi connectivity index (χ2n) is 7.01. The number of urea groups is 1. The zero-order chi connectivity index (χ0) is 16.2. The predicted octanol–water partition coefficient (Wildman–Crippen LogP) is 2.43. The molecule has 2 fully saturated rings. The number of amides is 3. The number of anilines is 1. The van der Waals surface area contributed by atoms with E-state index in [0.717, 1.165) is 12.8 Å². The van der Waals surface area contributed by atoms with Crippen molar-refractivity contribution < 1.29 is 9.59 Å². The van der Waals surface area contributed by atoms with Crippen LogP contribution in [0.15, 0.2) is 12.3 Å². The van der Waals surface area contributed by atoms with Gasteiger partial charge in [-0.1, -0.05) is 0 Å². The van der Waals surface area contributed by atoms with Gasteiger partial charge in [-0.2, -0.15) is 5.26 Å². The number of aromatic nitrogens is 1. The van der Waals surface area contributed by atoms with E-state index in [0.29, 0.717) is 11.4 Å². The molecule has 0 radical (unpaired) electrons. The summed E-state index contributed by atoms with van der Waals surface area (Å²) in [6.45, 7) is 7.70. The molecule has 1 saturated heterocycles. The number of carbonyl (C=O) groups is 2. The van der Waals surface area contributed by atoms with Gasteiger partial charge in [-0.25, -0.2) is 9.69 Å². The first-order valence-electron chi connectivity index (χ1n) is 7.55. The SMILES string of the molecule is C[C@H]1C(=O)N(c2cc(C#N)cn2C(C)(C)C)C(=O)N1C1CC1. The molecule has 0 spiro atoms. The molecule has 3 amide bonds. The number of carbonyl (C=O) groups excluding carboxylic acids is 2. The summed E-state index contributed by atoms with van der Waals surface area (Å²) in [5.41, 5.74) is 0.115. The standard InChI is InChI=1S/C16H20N4O2/c1-10-14(21)20(15(22)19(10)12-5-6-12)13-7-11(8-17)9-18(13)16(2,3)4/h7,9-10,12H,5-6H2,1-4H3/t10-/m0/s1. The molecule has 6 heteroatoms. The molecule has 116 valence electrons. The summed E-state index contributed by atoms with van der Waals surface area (Å²) in [5.74, 6) is 0.263. The third kappa shape index (κ3) is 2.08. The Morgan fingerprint density at radius 1 is 1.27 bits per heavy atom. The van der Waals surface area contributed by atoms with Crippen LogP contribution in [0.25, 0.3) is 0 Å². The molecule has 2 aliphatic rings. The first-order valence-corrected chi connectivity index (χ1v) is 7.55. The second kappa shape index (κ2) is 4.60. The van der Waals surface area contributed by atoms with Crippen molar-refractivity contribution in [2.75, 3.05) is 4.90 Å². The number of hydrogen-bond acceptors (Lipinski definition) is 3. The molecule has 22 heavy (non-hydrogen) atoms. The molecule has 1 aliphatic carbocycles. The molecule has 0 N–H and O–H groups in total. The van der Waals surface area contributed by atoms with Crippen molar-refractivity contribution in [1.29, 1.82) is 5.26 Å². The van der Waals surface area contributed by atoms with Crippen LogP contribution in [0.1, 0.15) is 46.1 Å². The van der Waals surface area contributed by atoms with Crippen LogP contribution < -0.4 is 4.90 Å². The monoisotopic (exact) mass is 300 g/mol. The van der Waals surface area contributed by atoms with E-state index in [1.165, 1.54) is 4.90 Å². The van der Waals surface area contributed by atoms with Crippen LogP contribution >= 0.6 is 0 Å². The van der Waals surface area contributed by atoms with Crippen LogP contribution in [0.4, 0.5) is 10.6 Å². The highest BCUT2D eigenvalue weighted by molar-refractivity contribution is 6.21. The van der Waals surface area contributed by atoms with Gasteiger partial charge >= 0.3 is 6.03 Å². The molecule has 0 unspecified atom stereocenters. The lowest BCUT2D eigenvalue weighted by Gasteiger charge is -2.27. The van der Waals surface area contributed by atoms with Gasteiger partial charge in [0.25, 0.3) is 5.91 Å². The van der Waals surface area contributed by atoms with Crippen molar-refractivity contribution in [1.82, 2.24) is 9.47 Å². The summed E-state index contributed by atoms with van der Waals surface area (Å²) in [6, 6.07) is 3.18. The lowest BCUT2D eigenvalue weighted by atomic mass is 10.1. The van der Waals surface area contributed by atoms with Crippen molar-refractivity contribution in [3.8, 4) is 6.07 Å². The molecule has 1 aliphatic heterocycles. The van der Waals surface area contributed by atoms with Gasteiger partial charge < -0.3 is 9.47 Å². The highest BCUT2D eigenvalue weighted by Gasteiger charge is 2.50. The molecular weight excluding hydrogens is 280 g/mol. The lowest BCUT2D eigenvalue weighted by molar-refractivity contribution is -0.119. The van der Waals surface area contributed by atoms with E-state index in [9.17, 15) is 9.59 Å². The summed E-state index contributed by atoms with van der Waals surface area (Å²) in [6.07, 6.45) is 3.61. The molecule has 1 aromatic heterocycles. The number of nitrogens with zero attached hydrogens (tertiary/aromatic N) is 4. The molecule has 0 aromatic carbocycles. The average molecular weight is 300 g/mol. The van der Waals surface area contributed by atoms with E-state index < -0.39 is 6.04 Å². The summed E-state index contributed by atoms with van der Waals surface area (Å²) < 4.78 is 1.82. The van der Waals surface area contributed by atoms with Crippen LogP contribution in [0.3, 0.4) is 0 Å². The van der Waals surface area contributed by atoms with Crippen molar-refractivity contribution in [2.45, 2.75) is 58.2 Å². The first kappa shape index (κ1) is 14.6. The van der Waals surface area contributed by atoms with E-state index >= 15 is 0 Å². The molecule has 1 saturated carbocycles. The van der Waals surface area contributed by atoms with Crippen molar-refractivity contribution in [3.05, 3.63) is 17.8 Å². The van der Waals surface area contributed by atoms with E-state index in [-0.39, 0.29) is 23.5 Å². The normalized spacial score (nSPS) is 22.4. The topological polar surface area (TPSA) is 69.3 Å². The Balaban J connectivity index is 2.07. The first-order chi connectivity index (χ1) is 10.3. The number of hydrogen-bond donors (Lipinski definition) is 0. The van der Waals surface area contributed by atoms with Gasteiger partial charge in [-0.15, -0.1) is 0 Å². The number of nitriles is 1. The van der Waals surface area contributed by atoms with Gasteiger partial charge in [0.1, 0.15) is 17.9 Å². The van der Waals surface area contributed by atoms with Crippen LogP contribution in [0.5, 0.6) is 0 Å². The van der Waals surface area contributed by atoms with Gasteiger partial charge in [-0.05, 0) is 46.6 Å². The van der Waals surface area contributed by atoms with Crippen molar-refractivity contribution >= 4 is 17.8 Å². The summed E-state index contributed by atoms with van der Waals surface area (Å²) in [5, 5.41) is 9.16. The minimum absolute atomic E-state index is 0.185. The lowest BCUT2D eigenvalue weighted by Crippen LogP contribution is -2.37. The fourth-order valence-electron chi connectivity index (χ4n) is 2.94. The van der Waals surface area contributed by atoms with Crippen molar-refractivity contribution in [2.24, 2.45) is 0 Å². The Bertz CT molecular complexity index is 688. The summed E-state index contributed by atoms with van der Waals surface area (Å²) in [4.78, 5) is 28.2. The quantitative estimate of drug-likeness (QED) is 0.788. The molecule has 0 bridgehead atoms. The second-order valence-corrected chi connectivity index (χ2v) is 7.01. The smallest absolute Gasteiger partial charge is 0.327 e. The van der Waals surface area contributed by atoms with Gasteiger partial charge in [-0.3, -0.25) is 4.79 Å². The van der Waals surface area contributed by atoms with Crippen LogP contribution in [-0.2, 0) is 10.3 Å². The van der Waals surface area contributed by atoms with Gasteiger partial charge in [0.15, 0.2) is 0 Å². The minimum Gasteiger partial charge on any atom is -0.327 e. The summed E-state index contributed by atoms with van der Waals surface area (Å²) >= 11 is 0. The largest absolute Gasteiger partial charge is 0.333 e. The Morgan fingerprint density at radius 3 is 2.41 bits per heavy atom. The third-order valence-corrected chi connectivity index (χ3v) is 4.23. The molecule has 3 rings (SSSR count). The van der Waals surface area contributed by atoms with Gasteiger partial charge in [0.05, 0.1) is 5.56 Å². The Labute approximate surface area is 129 Å². The maximum Gasteiger partial charge on any atom is 0.333 e. The van der Waals surface area contributed by atoms with Gasteiger partial charge in [0.2, 0.25) is 0 Å². The third-order valence-electron chi connectivity index (χ3n) is 4.23. The molecule has 6 nitrogen and oxygen atoms in total. The minimum atomic E-state index is -0.436.